The molecule has 2 aromatic rings. The van der Waals surface area contributed by atoms with Gasteiger partial charge in [-0.1, -0.05) is 38.1 Å². The van der Waals surface area contributed by atoms with Crippen LogP contribution in [0.15, 0.2) is 53.4 Å². The number of benzene rings is 2. The van der Waals surface area contributed by atoms with Crippen LogP contribution in [0.2, 0.25) is 0 Å². The highest BCUT2D eigenvalue weighted by Gasteiger charge is 2.09. The Morgan fingerprint density at radius 3 is 2.50 bits per heavy atom. The molecule has 0 saturated carbocycles. The smallest absolute Gasteiger partial charge is 0.165 e. The van der Waals surface area contributed by atoms with Crippen LogP contribution < -0.4 is 4.74 Å². The maximum atomic E-state index is 11.9. The summed E-state index contributed by atoms with van der Waals surface area (Å²) in [6.07, 6.45) is 0. The molecule has 0 fully saturated rings. The van der Waals surface area contributed by atoms with Gasteiger partial charge in [0.25, 0.3) is 0 Å². The Bertz CT molecular complexity index is 618. The van der Waals surface area contributed by atoms with E-state index in [-0.39, 0.29) is 11.7 Å². The summed E-state index contributed by atoms with van der Waals surface area (Å²) < 4.78 is 5.73. The van der Waals surface area contributed by atoms with Gasteiger partial charge in [0.1, 0.15) is 5.75 Å². The first kappa shape index (κ1) is 16.6. The molecule has 0 radical (unpaired) electrons. The van der Waals surface area contributed by atoms with Crippen LogP contribution >= 0.6 is 11.8 Å². The average Bonchev–Trinajstić information content (AvgIpc) is 2.51. The quantitative estimate of drug-likeness (QED) is 0.408. The minimum absolute atomic E-state index is 0.0428. The summed E-state index contributed by atoms with van der Waals surface area (Å²) >= 11 is 1.74. The molecule has 2 aromatic carbocycles. The van der Waals surface area contributed by atoms with E-state index in [1.165, 1.54) is 5.56 Å². The first-order chi connectivity index (χ1) is 10.6. The van der Waals surface area contributed by atoms with E-state index in [2.05, 4.69) is 13.0 Å². The predicted octanol–water partition coefficient (Wildman–Crippen LogP) is 5.00. The van der Waals surface area contributed by atoms with Crippen molar-refractivity contribution in [3.63, 3.8) is 0 Å². The van der Waals surface area contributed by atoms with E-state index in [1.807, 2.05) is 56.3 Å². The van der Waals surface area contributed by atoms with Gasteiger partial charge in [-0.3, -0.25) is 4.79 Å². The monoisotopic (exact) mass is 314 g/mol. The first-order valence-electron chi connectivity index (χ1n) is 7.53. The Labute approximate surface area is 136 Å². The van der Waals surface area contributed by atoms with E-state index in [0.717, 1.165) is 22.0 Å². The van der Waals surface area contributed by atoms with Gasteiger partial charge in [0, 0.05) is 22.1 Å². The van der Waals surface area contributed by atoms with Crippen molar-refractivity contribution < 1.29 is 9.53 Å². The van der Waals surface area contributed by atoms with Gasteiger partial charge in [0.05, 0.1) is 6.61 Å². The van der Waals surface area contributed by atoms with Gasteiger partial charge < -0.3 is 4.74 Å². The molecule has 0 aliphatic heterocycles. The molecule has 2 nitrogen and oxygen atoms in total. The van der Waals surface area contributed by atoms with Crippen LogP contribution in [0, 0.1) is 12.8 Å². The molecule has 0 aliphatic rings. The van der Waals surface area contributed by atoms with E-state index in [4.69, 9.17) is 4.74 Å². The molecule has 0 bridgehead atoms. The summed E-state index contributed by atoms with van der Waals surface area (Å²) in [5.74, 6) is 2.03. The number of Topliss-reactive ketones (excluding diaryl/α,β-unsaturated/α-hetero) is 1. The van der Waals surface area contributed by atoms with E-state index in [9.17, 15) is 4.79 Å². The minimum Gasteiger partial charge on any atom is -0.493 e. The van der Waals surface area contributed by atoms with Crippen molar-refractivity contribution in [1.29, 1.82) is 0 Å². The largest absolute Gasteiger partial charge is 0.493 e. The number of carbonyl (C=O) groups excluding carboxylic acids is 1. The zero-order chi connectivity index (χ0) is 15.9. The van der Waals surface area contributed by atoms with Gasteiger partial charge in [0.15, 0.2) is 5.78 Å². The van der Waals surface area contributed by atoms with Crippen LogP contribution in [0.25, 0.3) is 0 Å². The first-order valence-corrected chi connectivity index (χ1v) is 8.51. The number of carbonyl (C=O) groups is 1. The lowest BCUT2D eigenvalue weighted by Crippen LogP contribution is -2.06. The zero-order valence-electron chi connectivity index (χ0n) is 13.3. The van der Waals surface area contributed by atoms with E-state index in [1.54, 1.807) is 11.8 Å². The lowest BCUT2D eigenvalue weighted by molar-refractivity contribution is 0.0939. The molecule has 0 aliphatic carbocycles. The molecule has 3 heteroatoms. The number of ketones is 1. The Balaban J connectivity index is 1.79. The van der Waals surface area contributed by atoms with Crippen LogP contribution in [-0.2, 0) is 0 Å². The Morgan fingerprint density at radius 2 is 1.86 bits per heavy atom. The molecule has 0 heterocycles. The standard InChI is InChI=1S/C19H22O2S/c1-14(2)19(20)16-7-9-18(10-8-16)22-12-11-21-17-6-4-5-15(3)13-17/h4-10,13-14H,11-12H2,1-3H3. The van der Waals surface area contributed by atoms with Crippen molar-refractivity contribution >= 4 is 17.5 Å². The zero-order valence-corrected chi connectivity index (χ0v) is 14.2. The minimum atomic E-state index is 0.0428. The molecular weight excluding hydrogens is 292 g/mol. The molecule has 0 spiro atoms. The summed E-state index contributed by atoms with van der Waals surface area (Å²) in [7, 11) is 0. The third kappa shape index (κ3) is 4.92. The van der Waals surface area contributed by atoms with Crippen molar-refractivity contribution in [2.75, 3.05) is 12.4 Å². The highest BCUT2D eigenvalue weighted by Crippen LogP contribution is 2.20. The van der Waals surface area contributed by atoms with E-state index < -0.39 is 0 Å². The summed E-state index contributed by atoms with van der Waals surface area (Å²) in [5, 5.41) is 0. The normalized spacial score (nSPS) is 10.7. The lowest BCUT2D eigenvalue weighted by atomic mass is 10.0. The number of hydrogen-bond donors (Lipinski definition) is 0. The molecule has 0 N–H and O–H groups in total. The number of aryl methyl sites for hydroxylation is 1. The van der Waals surface area contributed by atoms with Crippen LogP contribution in [-0.4, -0.2) is 18.1 Å². The van der Waals surface area contributed by atoms with Crippen LogP contribution in [0.1, 0.15) is 29.8 Å². The van der Waals surface area contributed by atoms with Crippen molar-refractivity contribution in [1.82, 2.24) is 0 Å². The van der Waals surface area contributed by atoms with Crippen LogP contribution in [0.4, 0.5) is 0 Å². The van der Waals surface area contributed by atoms with Gasteiger partial charge in [-0.15, -0.1) is 11.8 Å². The summed E-state index contributed by atoms with van der Waals surface area (Å²) in [5.41, 5.74) is 1.99. The van der Waals surface area contributed by atoms with Crippen molar-refractivity contribution in [3.05, 3.63) is 59.7 Å². The second-order valence-electron chi connectivity index (χ2n) is 5.56. The van der Waals surface area contributed by atoms with Gasteiger partial charge in [-0.2, -0.15) is 0 Å². The van der Waals surface area contributed by atoms with Gasteiger partial charge >= 0.3 is 0 Å². The van der Waals surface area contributed by atoms with Crippen LogP contribution in [0.3, 0.4) is 0 Å². The van der Waals surface area contributed by atoms with E-state index >= 15 is 0 Å². The second-order valence-corrected chi connectivity index (χ2v) is 6.73. The molecule has 0 unspecified atom stereocenters. The molecular formula is C19H22O2S. The molecule has 22 heavy (non-hydrogen) atoms. The summed E-state index contributed by atoms with van der Waals surface area (Å²) in [6.45, 7) is 6.57. The fourth-order valence-electron chi connectivity index (χ4n) is 2.07. The van der Waals surface area contributed by atoms with Gasteiger partial charge in [-0.25, -0.2) is 0 Å². The number of ether oxygens (including phenoxy) is 1. The summed E-state index contributed by atoms with van der Waals surface area (Å²) in [6, 6.07) is 15.9. The van der Waals surface area contributed by atoms with Crippen molar-refractivity contribution in [2.45, 2.75) is 25.7 Å². The molecule has 116 valence electrons. The number of rotatable bonds is 7. The fourth-order valence-corrected chi connectivity index (χ4v) is 2.80. The van der Waals surface area contributed by atoms with Crippen LogP contribution in [0.5, 0.6) is 5.75 Å². The molecule has 2 rings (SSSR count). The third-order valence-corrected chi connectivity index (χ3v) is 4.25. The SMILES string of the molecule is Cc1cccc(OCCSc2ccc(C(=O)C(C)C)cc2)c1. The lowest BCUT2D eigenvalue weighted by Gasteiger charge is -2.08. The predicted molar refractivity (Wildman–Crippen MR) is 93.0 cm³/mol. The van der Waals surface area contributed by atoms with Gasteiger partial charge in [-0.05, 0) is 36.8 Å². The Morgan fingerprint density at radius 1 is 1.14 bits per heavy atom. The van der Waals surface area contributed by atoms with Crippen molar-refractivity contribution in [3.8, 4) is 5.75 Å². The summed E-state index contributed by atoms with van der Waals surface area (Å²) in [4.78, 5) is 13.0. The third-order valence-electron chi connectivity index (χ3n) is 3.27. The number of thioether (sulfide) groups is 1. The second kappa shape index (κ2) is 8.04. The fraction of sp³-hybridized carbons (Fsp3) is 0.316. The molecule has 0 atom stereocenters. The topological polar surface area (TPSA) is 26.3 Å². The van der Waals surface area contributed by atoms with Crippen molar-refractivity contribution in [2.24, 2.45) is 5.92 Å². The Hall–Kier alpha value is -1.74. The molecule has 0 amide bonds. The maximum Gasteiger partial charge on any atom is 0.165 e. The molecule has 0 saturated heterocycles. The van der Waals surface area contributed by atoms with Gasteiger partial charge in [0.2, 0.25) is 0 Å². The maximum absolute atomic E-state index is 11.9. The Kier molecular flexibility index (Phi) is 6.08. The van der Waals surface area contributed by atoms with E-state index in [0.29, 0.717) is 6.61 Å². The molecule has 0 aromatic heterocycles. The average molecular weight is 314 g/mol. The highest BCUT2D eigenvalue weighted by atomic mass is 32.2. The highest BCUT2D eigenvalue weighted by molar-refractivity contribution is 7.99. The number of hydrogen-bond acceptors (Lipinski definition) is 3.